The molecule has 0 saturated carbocycles. The highest BCUT2D eigenvalue weighted by atomic mass is 16.5. The van der Waals surface area contributed by atoms with Crippen LogP contribution in [0.1, 0.15) is 34.7 Å². The number of ether oxygens (including phenoxy) is 3. The minimum atomic E-state index is -0.200. The number of benzene rings is 3. The minimum absolute atomic E-state index is 0.0248. The molecule has 3 aromatic carbocycles. The highest BCUT2D eigenvalue weighted by Gasteiger charge is 2.18. The Morgan fingerprint density at radius 1 is 0.839 bits per heavy atom. The smallest absolute Gasteiger partial charge is 0.221 e. The Labute approximate surface area is 184 Å². The van der Waals surface area contributed by atoms with Gasteiger partial charge in [0.2, 0.25) is 11.7 Å². The number of methoxy groups -OCH3 is 3. The minimum Gasteiger partial charge on any atom is -0.493 e. The normalized spacial score (nSPS) is 11.5. The summed E-state index contributed by atoms with van der Waals surface area (Å²) >= 11 is 0. The first-order valence-corrected chi connectivity index (χ1v) is 10.3. The van der Waals surface area contributed by atoms with Crippen LogP contribution in [-0.4, -0.2) is 27.2 Å². The third kappa shape index (κ3) is 5.57. The Bertz CT molecular complexity index is 975. The van der Waals surface area contributed by atoms with Crippen LogP contribution < -0.4 is 19.5 Å². The molecule has 3 aromatic rings. The Morgan fingerprint density at radius 3 is 1.97 bits per heavy atom. The van der Waals surface area contributed by atoms with Crippen molar-refractivity contribution in [1.82, 2.24) is 5.32 Å². The van der Waals surface area contributed by atoms with Gasteiger partial charge in [-0.05, 0) is 42.2 Å². The summed E-state index contributed by atoms with van der Waals surface area (Å²) in [6.07, 6.45) is 0.895. The maximum absolute atomic E-state index is 12.9. The van der Waals surface area contributed by atoms with Gasteiger partial charge < -0.3 is 19.5 Å². The molecule has 5 heteroatoms. The van der Waals surface area contributed by atoms with Gasteiger partial charge in [0.15, 0.2) is 11.5 Å². The van der Waals surface area contributed by atoms with Crippen molar-refractivity contribution in [2.45, 2.75) is 25.8 Å². The van der Waals surface area contributed by atoms with Gasteiger partial charge in [0.25, 0.3) is 0 Å². The summed E-state index contributed by atoms with van der Waals surface area (Å²) < 4.78 is 16.2. The van der Waals surface area contributed by atoms with Crippen LogP contribution in [-0.2, 0) is 11.2 Å². The van der Waals surface area contributed by atoms with Crippen LogP contribution in [0.2, 0.25) is 0 Å². The number of nitrogens with one attached hydrogen (secondary N) is 1. The van der Waals surface area contributed by atoms with Crippen LogP contribution in [0.25, 0.3) is 0 Å². The van der Waals surface area contributed by atoms with Crippen molar-refractivity contribution in [1.29, 1.82) is 0 Å². The summed E-state index contributed by atoms with van der Waals surface area (Å²) in [5.41, 5.74) is 4.23. The number of rotatable bonds is 9. The van der Waals surface area contributed by atoms with Crippen LogP contribution in [0.4, 0.5) is 0 Å². The van der Waals surface area contributed by atoms with E-state index in [1.54, 1.807) is 21.3 Å². The average Bonchev–Trinajstić information content (AvgIpc) is 2.81. The van der Waals surface area contributed by atoms with Crippen molar-refractivity contribution < 1.29 is 19.0 Å². The fourth-order valence-electron chi connectivity index (χ4n) is 3.53. The van der Waals surface area contributed by atoms with E-state index < -0.39 is 0 Å². The molecule has 1 atom stereocenters. The molecule has 0 fully saturated rings. The molecule has 162 valence electrons. The summed E-state index contributed by atoms with van der Waals surface area (Å²) in [7, 11) is 4.74. The second-order valence-corrected chi connectivity index (χ2v) is 7.36. The highest BCUT2D eigenvalue weighted by Crippen LogP contribution is 2.38. The maximum atomic E-state index is 12.9. The Kier molecular flexibility index (Phi) is 7.55. The number of carbonyl (C=O) groups excluding carboxylic acids is 1. The molecule has 0 aliphatic rings. The number of hydrogen-bond acceptors (Lipinski definition) is 4. The first-order valence-electron chi connectivity index (χ1n) is 10.3. The lowest BCUT2D eigenvalue weighted by atomic mass is 9.97. The van der Waals surface area contributed by atoms with Crippen molar-refractivity contribution >= 4 is 5.91 Å². The van der Waals surface area contributed by atoms with Crippen LogP contribution in [0.5, 0.6) is 17.2 Å². The first kappa shape index (κ1) is 22.2. The van der Waals surface area contributed by atoms with Crippen molar-refractivity contribution in [3.05, 3.63) is 89.0 Å². The van der Waals surface area contributed by atoms with Gasteiger partial charge in [-0.2, -0.15) is 0 Å². The lowest BCUT2D eigenvalue weighted by Crippen LogP contribution is -2.29. The zero-order valence-electron chi connectivity index (χ0n) is 18.5. The topological polar surface area (TPSA) is 56.8 Å². The molecule has 0 aliphatic carbocycles. The number of carbonyl (C=O) groups is 1. The zero-order chi connectivity index (χ0) is 22.2. The van der Waals surface area contributed by atoms with Crippen molar-refractivity contribution in [3.63, 3.8) is 0 Å². The Morgan fingerprint density at radius 2 is 1.42 bits per heavy atom. The molecule has 0 radical (unpaired) electrons. The molecule has 0 heterocycles. The molecule has 1 N–H and O–H groups in total. The van der Waals surface area contributed by atoms with Crippen LogP contribution in [0.3, 0.4) is 0 Å². The summed E-state index contributed by atoms with van der Waals surface area (Å²) in [6.45, 7) is 2.05. The molecular formula is C26H29NO4. The van der Waals surface area contributed by atoms with Crippen molar-refractivity contribution in [2.24, 2.45) is 0 Å². The van der Waals surface area contributed by atoms with Gasteiger partial charge in [0, 0.05) is 6.42 Å². The van der Waals surface area contributed by atoms with E-state index in [0.29, 0.717) is 30.1 Å². The summed E-state index contributed by atoms with van der Waals surface area (Å²) in [4.78, 5) is 12.9. The van der Waals surface area contributed by atoms with Crippen LogP contribution in [0.15, 0.2) is 66.7 Å². The van der Waals surface area contributed by atoms with E-state index in [2.05, 4.69) is 36.5 Å². The molecule has 0 spiro atoms. The van der Waals surface area contributed by atoms with E-state index in [-0.39, 0.29) is 11.9 Å². The predicted molar refractivity (Wildman–Crippen MR) is 122 cm³/mol. The molecule has 31 heavy (non-hydrogen) atoms. The standard InChI is InChI=1S/C26H29NO4/c1-18-10-13-21(14-11-18)25(20-8-6-5-7-9-20)27-24(28)15-12-19-16-22(29-2)26(31-4)23(17-19)30-3/h5-11,13-14,16-17,25H,12,15H2,1-4H3,(H,27,28). The highest BCUT2D eigenvalue weighted by molar-refractivity contribution is 5.77. The largest absolute Gasteiger partial charge is 0.493 e. The predicted octanol–water partition coefficient (Wildman–Crippen LogP) is 4.86. The molecule has 0 aliphatic heterocycles. The van der Waals surface area contributed by atoms with E-state index in [1.807, 2.05) is 42.5 Å². The summed E-state index contributed by atoms with van der Waals surface area (Å²) in [6, 6.07) is 21.8. The number of aryl methyl sites for hydroxylation is 2. The van der Waals surface area contributed by atoms with Gasteiger partial charge in [-0.25, -0.2) is 0 Å². The molecular weight excluding hydrogens is 390 g/mol. The summed E-state index contributed by atoms with van der Waals surface area (Å²) in [5, 5.41) is 3.19. The van der Waals surface area contributed by atoms with Gasteiger partial charge in [0.1, 0.15) is 0 Å². The summed E-state index contributed by atoms with van der Waals surface area (Å²) in [5.74, 6) is 1.68. The van der Waals surface area contributed by atoms with Gasteiger partial charge >= 0.3 is 0 Å². The average molecular weight is 420 g/mol. The fraction of sp³-hybridized carbons (Fsp3) is 0.269. The second-order valence-electron chi connectivity index (χ2n) is 7.36. The van der Waals surface area contributed by atoms with Crippen LogP contribution in [0, 0.1) is 6.92 Å². The first-order chi connectivity index (χ1) is 15.0. The SMILES string of the molecule is COc1cc(CCC(=O)NC(c2ccccc2)c2ccc(C)cc2)cc(OC)c1OC. The molecule has 5 nitrogen and oxygen atoms in total. The molecule has 3 rings (SSSR count). The van der Waals surface area contributed by atoms with Gasteiger partial charge in [-0.3, -0.25) is 4.79 Å². The van der Waals surface area contributed by atoms with E-state index in [0.717, 1.165) is 16.7 Å². The van der Waals surface area contributed by atoms with Gasteiger partial charge in [-0.15, -0.1) is 0 Å². The zero-order valence-corrected chi connectivity index (χ0v) is 18.5. The molecule has 1 amide bonds. The van der Waals surface area contributed by atoms with E-state index >= 15 is 0 Å². The van der Waals surface area contributed by atoms with E-state index in [1.165, 1.54) is 5.56 Å². The number of hydrogen-bond donors (Lipinski definition) is 1. The van der Waals surface area contributed by atoms with Gasteiger partial charge in [-0.1, -0.05) is 60.2 Å². The van der Waals surface area contributed by atoms with Crippen molar-refractivity contribution in [3.8, 4) is 17.2 Å². The van der Waals surface area contributed by atoms with E-state index in [4.69, 9.17) is 14.2 Å². The quantitative estimate of drug-likeness (QED) is 0.538. The molecule has 0 bridgehead atoms. The molecule has 0 aromatic heterocycles. The van der Waals surface area contributed by atoms with Crippen LogP contribution >= 0.6 is 0 Å². The number of amides is 1. The third-order valence-corrected chi connectivity index (χ3v) is 5.21. The molecule has 0 saturated heterocycles. The maximum Gasteiger partial charge on any atom is 0.221 e. The molecule has 1 unspecified atom stereocenters. The monoisotopic (exact) mass is 419 g/mol. The Balaban J connectivity index is 1.75. The van der Waals surface area contributed by atoms with E-state index in [9.17, 15) is 4.79 Å². The van der Waals surface area contributed by atoms with Gasteiger partial charge in [0.05, 0.1) is 27.4 Å². The lowest BCUT2D eigenvalue weighted by molar-refractivity contribution is -0.121. The third-order valence-electron chi connectivity index (χ3n) is 5.21. The Hall–Kier alpha value is -3.47. The van der Waals surface area contributed by atoms with Crippen molar-refractivity contribution in [2.75, 3.05) is 21.3 Å². The second kappa shape index (κ2) is 10.5. The fourth-order valence-corrected chi connectivity index (χ4v) is 3.53. The lowest BCUT2D eigenvalue weighted by Gasteiger charge is -2.20.